The van der Waals surface area contributed by atoms with E-state index in [1.54, 1.807) is 48.5 Å². The molecule has 0 radical (unpaired) electrons. The highest BCUT2D eigenvalue weighted by molar-refractivity contribution is 5.84. The van der Waals surface area contributed by atoms with Gasteiger partial charge in [0.1, 0.15) is 0 Å². The molecule has 3 N–H and O–H groups in total. The molecule has 0 saturated heterocycles. The molecule has 1 aromatic heterocycles. The maximum Gasteiger partial charge on any atom is 0.374 e. The molecule has 0 saturated carbocycles. The molecule has 130 valence electrons. The maximum atomic E-state index is 11.3. The Hall–Kier alpha value is -4.50. The monoisotopic (exact) mass is 357 g/mol. The molecule has 27 heavy (non-hydrogen) atoms. The summed E-state index contributed by atoms with van der Waals surface area (Å²) in [4.78, 5) is 23.2. The van der Waals surface area contributed by atoms with Crippen LogP contribution in [0.1, 0.15) is 21.7 Å². The van der Waals surface area contributed by atoms with Crippen molar-refractivity contribution in [3.8, 4) is 12.1 Å². The molecule has 3 rings (SSSR count). The van der Waals surface area contributed by atoms with Crippen molar-refractivity contribution in [1.82, 2.24) is 15.0 Å². The summed E-state index contributed by atoms with van der Waals surface area (Å²) < 4.78 is 0. The first kappa shape index (κ1) is 17.3. The topological polar surface area (TPSA) is 148 Å². The summed E-state index contributed by atoms with van der Waals surface area (Å²) in [5.74, 6) is -1.67. The average molecular weight is 357 g/mol. The third kappa shape index (κ3) is 4.32. The lowest BCUT2D eigenvalue weighted by Gasteiger charge is -2.09. The van der Waals surface area contributed by atoms with Crippen LogP contribution in [0, 0.1) is 22.7 Å². The molecule has 3 aromatic rings. The minimum Gasteiger partial charge on any atom is -0.475 e. The Morgan fingerprint density at radius 1 is 0.778 bits per heavy atom. The number of carbonyl (C=O) groups is 1. The number of nitriles is 2. The first-order chi connectivity index (χ1) is 13.1. The van der Waals surface area contributed by atoms with Crippen LogP contribution in [0.5, 0.6) is 0 Å². The van der Waals surface area contributed by atoms with E-state index >= 15 is 0 Å². The van der Waals surface area contributed by atoms with Crippen LogP contribution in [0.15, 0.2) is 48.5 Å². The molecule has 0 spiro atoms. The molecule has 9 heteroatoms. The number of anilines is 4. The Bertz CT molecular complexity index is 987. The van der Waals surface area contributed by atoms with Crippen molar-refractivity contribution < 1.29 is 9.90 Å². The lowest BCUT2D eigenvalue weighted by atomic mass is 10.2. The Balaban J connectivity index is 1.88. The van der Waals surface area contributed by atoms with E-state index in [9.17, 15) is 9.90 Å². The smallest absolute Gasteiger partial charge is 0.374 e. The van der Waals surface area contributed by atoms with Gasteiger partial charge in [-0.05, 0) is 48.5 Å². The highest BCUT2D eigenvalue weighted by Crippen LogP contribution is 2.18. The van der Waals surface area contributed by atoms with Crippen molar-refractivity contribution in [3.63, 3.8) is 0 Å². The van der Waals surface area contributed by atoms with E-state index in [0.717, 1.165) is 0 Å². The van der Waals surface area contributed by atoms with Crippen LogP contribution in [0.3, 0.4) is 0 Å². The fourth-order valence-corrected chi connectivity index (χ4v) is 2.10. The van der Waals surface area contributed by atoms with Gasteiger partial charge in [0.15, 0.2) is 0 Å². The molecule has 0 aliphatic carbocycles. The summed E-state index contributed by atoms with van der Waals surface area (Å²) in [6.07, 6.45) is 0. The first-order valence-electron chi connectivity index (χ1n) is 7.61. The summed E-state index contributed by atoms with van der Waals surface area (Å²) in [6.45, 7) is 0. The second-order valence-corrected chi connectivity index (χ2v) is 5.24. The number of nitrogens with one attached hydrogen (secondary N) is 2. The molecule has 0 fully saturated rings. The number of aromatic carboxylic acids is 1. The van der Waals surface area contributed by atoms with Gasteiger partial charge in [0.25, 0.3) is 0 Å². The van der Waals surface area contributed by atoms with Crippen LogP contribution in [-0.4, -0.2) is 26.0 Å². The van der Waals surface area contributed by atoms with Crippen molar-refractivity contribution in [2.45, 2.75) is 0 Å². The van der Waals surface area contributed by atoms with Crippen LogP contribution < -0.4 is 10.6 Å². The third-order valence-corrected chi connectivity index (χ3v) is 3.37. The number of aromatic nitrogens is 3. The normalized spacial score (nSPS) is 9.70. The number of rotatable bonds is 5. The highest BCUT2D eigenvalue weighted by Gasteiger charge is 2.13. The summed E-state index contributed by atoms with van der Waals surface area (Å²) in [5.41, 5.74) is 2.15. The lowest BCUT2D eigenvalue weighted by Crippen LogP contribution is -2.11. The molecular formula is C18H11N7O2. The number of carboxylic acids is 1. The van der Waals surface area contributed by atoms with Gasteiger partial charge in [-0.15, -0.1) is 0 Å². The molecule has 0 aliphatic heterocycles. The number of carboxylic acid groups (broad SMARTS) is 1. The van der Waals surface area contributed by atoms with Crippen LogP contribution in [0.2, 0.25) is 0 Å². The average Bonchev–Trinajstić information content (AvgIpc) is 2.69. The highest BCUT2D eigenvalue weighted by atomic mass is 16.4. The van der Waals surface area contributed by atoms with Gasteiger partial charge in [-0.1, -0.05) is 0 Å². The van der Waals surface area contributed by atoms with E-state index in [2.05, 4.69) is 25.6 Å². The molecule has 0 amide bonds. The summed E-state index contributed by atoms with van der Waals surface area (Å²) in [6, 6.07) is 17.1. The molecule has 1 heterocycles. The molecule has 0 aliphatic rings. The Morgan fingerprint density at radius 3 is 1.52 bits per heavy atom. The van der Waals surface area contributed by atoms with Gasteiger partial charge >= 0.3 is 5.97 Å². The van der Waals surface area contributed by atoms with E-state index in [1.807, 2.05) is 12.1 Å². The summed E-state index contributed by atoms with van der Waals surface area (Å²) in [7, 11) is 0. The first-order valence-corrected chi connectivity index (χ1v) is 7.61. The number of hydrogen-bond donors (Lipinski definition) is 3. The third-order valence-electron chi connectivity index (χ3n) is 3.37. The molecule has 0 bridgehead atoms. The van der Waals surface area contributed by atoms with Gasteiger partial charge in [-0.25, -0.2) is 4.79 Å². The van der Waals surface area contributed by atoms with Crippen molar-refractivity contribution >= 4 is 29.2 Å². The quantitative estimate of drug-likeness (QED) is 0.626. The van der Waals surface area contributed by atoms with Crippen LogP contribution in [-0.2, 0) is 0 Å². The molecule has 0 atom stereocenters. The molecule has 2 aromatic carbocycles. The second kappa shape index (κ2) is 7.59. The minimum absolute atomic E-state index is 0.0308. The second-order valence-electron chi connectivity index (χ2n) is 5.24. The zero-order chi connectivity index (χ0) is 19.2. The summed E-state index contributed by atoms with van der Waals surface area (Å²) >= 11 is 0. The van der Waals surface area contributed by atoms with E-state index < -0.39 is 11.8 Å². The van der Waals surface area contributed by atoms with Gasteiger partial charge in [-0.2, -0.15) is 25.5 Å². The van der Waals surface area contributed by atoms with Gasteiger partial charge in [-0.3, -0.25) is 0 Å². The lowest BCUT2D eigenvalue weighted by molar-refractivity contribution is 0.0683. The molecule has 9 nitrogen and oxygen atoms in total. The zero-order valence-electron chi connectivity index (χ0n) is 13.7. The fourth-order valence-electron chi connectivity index (χ4n) is 2.10. The largest absolute Gasteiger partial charge is 0.475 e. The predicted octanol–water partition coefficient (Wildman–Crippen LogP) is 2.80. The standard InChI is InChI=1S/C18H11N7O2/c19-9-11-1-5-13(6-2-11)21-17-23-15(16(26)27)24-18(25-17)22-14-7-3-12(10-20)4-8-14/h1-8H,(H,26,27)(H2,21,22,23,24,25). The van der Waals surface area contributed by atoms with E-state index in [4.69, 9.17) is 10.5 Å². The maximum absolute atomic E-state index is 11.3. The fraction of sp³-hybridized carbons (Fsp3) is 0. The number of benzene rings is 2. The molecule has 0 unspecified atom stereocenters. The van der Waals surface area contributed by atoms with E-state index in [1.165, 1.54) is 0 Å². The Kier molecular flexibility index (Phi) is 4.87. The van der Waals surface area contributed by atoms with Gasteiger partial charge in [0, 0.05) is 11.4 Å². The number of nitrogens with zero attached hydrogens (tertiary/aromatic N) is 5. The Labute approximate surface area is 153 Å². The van der Waals surface area contributed by atoms with Crippen molar-refractivity contribution in [2.75, 3.05) is 10.6 Å². The van der Waals surface area contributed by atoms with Crippen LogP contribution in [0.25, 0.3) is 0 Å². The summed E-state index contributed by atoms with van der Waals surface area (Å²) in [5, 5.41) is 32.6. The van der Waals surface area contributed by atoms with Crippen molar-refractivity contribution in [2.24, 2.45) is 0 Å². The minimum atomic E-state index is -1.30. The van der Waals surface area contributed by atoms with Crippen LogP contribution >= 0.6 is 0 Å². The van der Waals surface area contributed by atoms with E-state index in [0.29, 0.717) is 22.5 Å². The predicted molar refractivity (Wildman–Crippen MR) is 95.7 cm³/mol. The van der Waals surface area contributed by atoms with Crippen molar-refractivity contribution in [1.29, 1.82) is 10.5 Å². The van der Waals surface area contributed by atoms with E-state index in [-0.39, 0.29) is 11.9 Å². The van der Waals surface area contributed by atoms with Gasteiger partial charge < -0.3 is 15.7 Å². The number of hydrogen-bond acceptors (Lipinski definition) is 8. The van der Waals surface area contributed by atoms with Crippen LogP contribution in [0.4, 0.5) is 23.3 Å². The Morgan fingerprint density at radius 2 is 1.19 bits per heavy atom. The van der Waals surface area contributed by atoms with Gasteiger partial charge in [0.2, 0.25) is 17.7 Å². The van der Waals surface area contributed by atoms with Crippen molar-refractivity contribution in [3.05, 3.63) is 65.5 Å². The molecular weight excluding hydrogens is 346 g/mol. The zero-order valence-corrected chi connectivity index (χ0v) is 13.7. The SMILES string of the molecule is N#Cc1ccc(Nc2nc(Nc3ccc(C#N)cc3)nc(C(=O)O)n2)cc1. The van der Waals surface area contributed by atoms with Gasteiger partial charge in [0.05, 0.1) is 23.3 Å².